The lowest BCUT2D eigenvalue weighted by molar-refractivity contribution is -0.0743. The summed E-state index contributed by atoms with van der Waals surface area (Å²) in [5.41, 5.74) is 7.98. The van der Waals surface area contributed by atoms with Crippen molar-refractivity contribution in [3.05, 3.63) is 24.1 Å². The molecule has 0 bridgehead atoms. The molecule has 0 saturated heterocycles. The summed E-state index contributed by atoms with van der Waals surface area (Å²) in [4.78, 5) is 4.46. The Morgan fingerprint density at radius 2 is 2.29 bits per heavy atom. The highest BCUT2D eigenvalue weighted by Gasteiger charge is 2.38. The molecule has 2 N–H and O–H groups in total. The Morgan fingerprint density at radius 1 is 1.47 bits per heavy atom. The Labute approximate surface area is 99.8 Å². The Hall–Kier alpha value is -1.55. The van der Waals surface area contributed by atoms with E-state index in [1.165, 1.54) is 6.42 Å². The lowest BCUT2D eigenvalue weighted by Gasteiger charge is -2.39. The third kappa shape index (κ3) is 1.69. The Kier molecular flexibility index (Phi) is 2.33. The number of hydrogen-bond acceptors (Lipinski definition) is 4. The van der Waals surface area contributed by atoms with Crippen molar-refractivity contribution in [2.45, 2.75) is 31.3 Å². The van der Waals surface area contributed by atoms with Crippen molar-refractivity contribution < 1.29 is 9.15 Å². The third-order valence-electron chi connectivity index (χ3n) is 3.67. The van der Waals surface area contributed by atoms with Crippen molar-refractivity contribution in [3.8, 4) is 0 Å². The number of rotatable bonds is 3. The number of methoxy groups -OCH3 is 1. The molecule has 0 spiro atoms. The summed E-state index contributed by atoms with van der Waals surface area (Å²) < 4.78 is 11.3. The summed E-state index contributed by atoms with van der Waals surface area (Å²) in [6, 6.07) is 5.61. The number of fused-ring (bicyclic) bond motifs is 1. The van der Waals surface area contributed by atoms with E-state index in [9.17, 15) is 0 Å². The first kappa shape index (κ1) is 10.6. The van der Waals surface area contributed by atoms with Gasteiger partial charge >= 0.3 is 0 Å². The van der Waals surface area contributed by atoms with Crippen LogP contribution in [0.15, 0.2) is 22.6 Å². The van der Waals surface area contributed by atoms with E-state index in [0.717, 1.165) is 36.3 Å². The fourth-order valence-electron chi connectivity index (χ4n) is 2.39. The van der Waals surface area contributed by atoms with Gasteiger partial charge in [-0.1, -0.05) is 6.07 Å². The lowest BCUT2D eigenvalue weighted by atomic mass is 9.77. The van der Waals surface area contributed by atoms with E-state index in [2.05, 4.69) is 4.98 Å². The second kappa shape index (κ2) is 3.74. The van der Waals surface area contributed by atoms with Gasteiger partial charge in [0.2, 0.25) is 0 Å². The number of aromatic nitrogens is 1. The van der Waals surface area contributed by atoms with Gasteiger partial charge in [-0.25, -0.2) is 4.98 Å². The normalized spacial score (nSPS) is 18.2. The van der Waals surface area contributed by atoms with E-state index in [-0.39, 0.29) is 5.60 Å². The van der Waals surface area contributed by atoms with E-state index in [1.807, 2.05) is 18.2 Å². The van der Waals surface area contributed by atoms with E-state index < -0.39 is 0 Å². The smallest absolute Gasteiger partial charge is 0.198 e. The Balaban J connectivity index is 1.93. The lowest BCUT2D eigenvalue weighted by Crippen LogP contribution is -2.41. The van der Waals surface area contributed by atoms with Gasteiger partial charge in [0.15, 0.2) is 11.5 Å². The second-order valence-corrected chi connectivity index (χ2v) is 4.72. The topological polar surface area (TPSA) is 61.3 Å². The van der Waals surface area contributed by atoms with Gasteiger partial charge < -0.3 is 14.9 Å². The molecule has 0 unspecified atom stereocenters. The van der Waals surface area contributed by atoms with Gasteiger partial charge in [-0.3, -0.25) is 0 Å². The van der Waals surface area contributed by atoms with Crippen LogP contribution in [0.25, 0.3) is 11.1 Å². The van der Waals surface area contributed by atoms with Gasteiger partial charge in [-0.05, 0) is 31.4 Å². The molecule has 1 saturated carbocycles. The van der Waals surface area contributed by atoms with Gasteiger partial charge in [0.1, 0.15) is 5.52 Å². The summed E-state index contributed by atoms with van der Waals surface area (Å²) in [6.45, 7) is 0. The van der Waals surface area contributed by atoms with Crippen molar-refractivity contribution in [1.82, 2.24) is 4.98 Å². The molecule has 1 aliphatic rings. The van der Waals surface area contributed by atoms with Crippen LogP contribution in [0.3, 0.4) is 0 Å². The zero-order chi connectivity index (χ0) is 11.9. The molecule has 1 fully saturated rings. The molecule has 0 atom stereocenters. The maximum Gasteiger partial charge on any atom is 0.198 e. The number of hydrogen-bond donors (Lipinski definition) is 1. The number of nitrogens with two attached hydrogens (primary N) is 1. The monoisotopic (exact) mass is 232 g/mol. The molecule has 0 aliphatic heterocycles. The predicted molar refractivity (Wildman–Crippen MR) is 65.7 cm³/mol. The summed E-state index contributed by atoms with van der Waals surface area (Å²) >= 11 is 0. The second-order valence-electron chi connectivity index (χ2n) is 4.72. The van der Waals surface area contributed by atoms with E-state index >= 15 is 0 Å². The van der Waals surface area contributed by atoms with Crippen molar-refractivity contribution >= 4 is 16.8 Å². The molecule has 0 amide bonds. The zero-order valence-electron chi connectivity index (χ0n) is 9.90. The van der Waals surface area contributed by atoms with Crippen LogP contribution in [0.1, 0.15) is 25.2 Å². The predicted octanol–water partition coefficient (Wildman–Crippen LogP) is 2.52. The molecule has 1 aromatic heterocycles. The van der Waals surface area contributed by atoms with Crippen molar-refractivity contribution in [2.75, 3.05) is 12.8 Å². The highest BCUT2D eigenvalue weighted by atomic mass is 16.5. The third-order valence-corrected chi connectivity index (χ3v) is 3.67. The standard InChI is InChI=1S/C13H16N2O2/c1-16-13(6-3-7-13)8-11-15-12-9(14)4-2-5-10(12)17-11/h2,4-5H,3,6-8,14H2,1H3. The number of anilines is 1. The molecule has 1 aliphatic carbocycles. The summed E-state index contributed by atoms with van der Waals surface area (Å²) in [7, 11) is 1.76. The highest BCUT2D eigenvalue weighted by Crippen LogP contribution is 2.38. The number of nitrogen functional groups attached to an aromatic ring is 1. The number of para-hydroxylation sites is 1. The molecular formula is C13H16N2O2. The minimum Gasteiger partial charge on any atom is -0.441 e. The van der Waals surface area contributed by atoms with E-state index in [4.69, 9.17) is 14.9 Å². The quantitative estimate of drug-likeness (QED) is 0.826. The van der Waals surface area contributed by atoms with Crippen LogP contribution in [0.4, 0.5) is 5.69 Å². The van der Waals surface area contributed by atoms with E-state index in [0.29, 0.717) is 5.69 Å². The average Bonchev–Trinajstić information content (AvgIpc) is 2.68. The maximum absolute atomic E-state index is 5.86. The number of oxazole rings is 1. The van der Waals surface area contributed by atoms with E-state index in [1.54, 1.807) is 7.11 Å². The molecule has 90 valence electrons. The molecule has 4 heteroatoms. The number of ether oxygens (including phenoxy) is 1. The molecular weight excluding hydrogens is 216 g/mol. The summed E-state index contributed by atoms with van der Waals surface area (Å²) in [6.07, 6.45) is 4.11. The van der Waals surface area contributed by atoms with Crippen LogP contribution in [-0.4, -0.2) is 17.7 Å². The van der Waals surface area contributed by atoms with Crippen molar-refractivity contribution in [3.63, 3.8) is 0 Å². The molecule has 2 aromatic rings. The van der Waals surface area contributed by atoms with Crippen LogP contribution in [0.2, 0.25) is 0 Å². The van der Waals surface area contributed by atoms with Gasteiger partial charge in [0.05, 0.1) is 17.7 Å². The van der Waals surface area contributed by atoms with Crippen LogP contribution in [0, 0.1) is 0 Å². The number of benzene rings is 1. The average molecular weight is 232 g/mol. The van der Waals surface area contributed by atoms with Crippen LogP contribution < -0.4 is 5.73 Å². The first-order valence-electron chi connectivity index (χ1n) is 5.91. The molecule has 3 rings (SSSR count). The van der Waals surface area contributed by atoms with Crippen LogP contribution in [-0.2, 0) is 11.2 Å². The maximum atomic E-state index is 5.86. The highest BCUT2D eigenvalue weighted by molar-refractivity contribution is 5.85. The minimum atomic E-state index is -0.0599. The summed E-state index contributed by atoms with van der Waals surface area (Å²) in [5, 5.41) is 0. The molecule has 17 heavy (non-hydrogen) atoms. The molecule has 1 heterocycles. The largest absolute Gasteiger partial charge is 0.441 e. The molecule has 0 radical (unpaired) electrons. The van der Waals surface area contributed by atoms with Gasteiger partial charge in [0, 0.05) is 7.11 Å². The van der Waals surface area contributed by atoms with Crippen LogP contribution >= 0.6 is 0 Å². The van der Waals surface area contributed by atoms with Crippen molar-refractivity contribution in [1.29, 1.82) is 0 Å². The van der Waals surface area contributed by atoms with Crippen LogP contribution in [0.5, 0.6) is 0 Å². The zero-order valence-corrected chi connectivity index (χ0v) is 9.90. The summed E-state index contributed by atoms with van der Waals surface area (Å²) in [5.74, 6) is 0.722. The Bertz CT molecular complexity index is 538. The molecule has 4 nitrogen and oxygen atoms in total. The first-order chi connectivity index (χ1) is 8.22. The molecule has 1 aromatic carbocycles. The van der Waals surface area contributed by atoms with Crippen molar-refractivity contribution in [2.24, 2.45) is 0 Å². The Morgan fingerprint density at radius 3 is 2.88 bits per heavy atom. The van der Waals surface area contributed by atoms with Gasteiger partial charge in [0.25, 0.3) is 0 Å². The SMILES string of the molecule is COC1(Cc2nc3c(N)cccc3o2)CCC1. The van der Waals surface area contributed by atoms with Gasteiger partial charge in [-0.2, -0.15) is 0 Å². The van der Waals surface area contributed by atoms with Gasteiger partial charge in [-0.15, -0.1) is 0 Å². The number of nitrogens with zero attached hydrogens (tertiary/aromatic N) is 1. The fraction of sp³-hybridized carbons (Fsp3) is 0.462. The fourth-order valence-corrected chi connectivity index (χ4v) is 2.39. The minimum absolute atomic E-state index is 0.0599. The first-order valence-corrected chi connectivity index (χ1v) is 5.91.